The minimum Gasteiger partial charge on any atom is -0.378 e. The Bertz CT molecular complexity index is 561. The average molecular weight is 308 g/mol. The Morgan fingerprint density at radius 2 is 2.10 bits per heavy atom. The molecular formula is C17H22ClNO2. The van der Waals surface area contributed by atoms with E-state index in [0.717, 1.165) is 44.3 Å². The molecule has 114 valence electrons. The molecule has 0 aromatic heterocycles. The van der Waals surface area contributed by atoms with E-state index in [2.05, 4.69) is 6.92 Å². The van der Waals surface area contributed by atoms with Gasteiger partial charge in [0.2, 0.25) is 5.91 Å². The first-order valence-electron chi connectivity index (χ1n) is 7.61. The monoisotopic (exact) mass is 307 g/mol. The van der Waals surface area contributed by atoms with Crippen molar-refractivity contribution >= 4 is 23.2 Å². The maximum atomic E-state index is 13.0. The summed E-state index contributed by atoms with van der Waals surface area (Å²) < 4.78 is 5.68. The van der Waals surface area contributed by atoms with Crippen LogP contribution in [-0.4, -0.2) is 25.2 Å². The van der Waals surface area contributed by atoms with Gasteiger partial charge in [-0.25, -0.2) is 0 Å². The largest absolute Gasteiger partial charge is 0.378 e. The van der Waals surface area contributed by atoms with E-state index in [-0.39, 0.29) is 16.9 Å². The van der Waals surface area contributed by atoms with Crippen molar-refractivity contribution in [3.05, 3.63) is 29.3 Å². The van der Waals surface area contributed by atoms with Crippen LogP contribution < -0.4 is 4.90 Å². The van der Waals surface area contributed by atoms with Crippen LogP contribution in [0.1, 0.15) is 39.0 Å². The fourth-order valence-electron chi connectivity index (χ4n) is 3.97. The molecule has 2 aliphatic rings. The lowest BCUT2D eigenvalue weighted by molar-refractivity contribution is -0.135. The van der Waals surface area contributed by atoms with Gasteiger partial charge in [0, 0.05) is 24.4 Å². The third kappa shape index (κ3) is 2.58. The van der Waals surface area contributed by atoms with Crippen LogP contribution in [0.15, 0.2) is 24.3 Å². The number of carbonyl (C=O) groups is 1. The standard InChI is InChI=1S/C17H22ClNO2/c1-16(21-2)7-4-8-17(12-16)9-10-19(15(17)20)14-6-3-5-13(18)11-14/h3,5-6,11H,4,7-10,12H2,1-2H3. The summed E-state index contributed by atoms with van der Waals surface area (Å²) in [6.07, 6.45) is 4.81. The van der Waals surface area contributed by atoms with E-state index in [1.807, 2.05) is 29.2 Å². The van der Waals surface area contributed by atoms with Crippen LogP contribution in [0.4, 0.5) is 5.69 Å². The van der Waals surface area contributed by atoms with Crippen molar-refractivity contribution in [3.8, 4) is 0 Å². The van der Waals surface area contributed by atoms with E-state index >= 15 is 0 Å². The number of hydrogen-bond donors (Lipinski definition) is 0. The van der Waals surface area contributed by atoms with E-state index in [1.54, 1.807) is 7.11 Å². The van der Waals surface area contributed by atoms with Crippen LogP contribution in [-0.2, 0) is 9.53 Å². The number of anilines is 1. The van der Waals surface area contributed by atoms with Gasteiger partial charge in [-0.3, -0.25) is 4.79 Å². The molecule has 2 atom stereocenters. The number of rotatable bonds is 2. The Morgan fingerprint density at radius 1 is 1.29 bits per heavy atom. The minimum absolute atomic E-state index is 0.168. The van der Waals surface area contributed by atoms with Gasteiger partial charge in [-0.15, -0.1) is 0 Å². The summed E-state index contributed by atoms with van der Waals surface area (Å²) in [7, 11) is 1.76. The number of halogens is 1. The highest BCUT2D eigenvalue weighted by atomic mass is 35.5. The average Bonchev–Trinajstić information content (AvgIpc) is 2.76. The molecule has 1 amide bonds. The van der Waals surface area contributed by atoms with E-state index in [9.17, 15) is 4.79 Å². The lowest BCUT2D eigenvalue weighted by Gasteiger charge is -2.42. The first-order chi connectivity index (χ1) is 9.98. The summed E-state index contributed by atoms with van der Waals surface area (Å²) in [6.45, 7) is 2.90. The van der Waals surface area contributed by atoms with Crippen molar-refractivity contribution < 1.29 is 9.53 Å². The maximum absolute atomic E-state index is 13.0. The van der Waals surface area contributed by atoms with Crippen molar-refractivity contribution in [3.63, 3.8) is 0 Å². The van der Waals surface area contributed by atoms with E-state index in [4.69, 9.17) is 16.3 Å². The zero-order valence-corrected chi connectivity index (χ0v) is 13.4. The number of carbonyl (C=O) groups excluding carboxylic acids is 1. The van der Waals surface area contributed by atoms with E-state index in [0.29, 0.717) is 5.02 Å². The van der Waals surface area contributed by atoms with Crippen LogP contribution in [0.2, 0.25) is 5.02 Å². The predicted octanol–water partition coefficient (Wildman–Crippen LogP) is 4.04. The van der Waals surface area contributed by atoms with Gasteiger partial charge in [0.05, 0.1) is 11.0 Å². The van der Waals surface area contributed by atoms with Gasteiger partial charge in [-0.1, -0.05) is 17.7 Å². The minimum atomic E-state index is -0.245. The quantitative estimate of drug-likeness (QED) is 0.825. The third-order valence-corrected chi connectivity index (χ3v) is 5.43. The molecule has 1 saturated carbocycles. The Morgan fingerprint density at radius 3 is 2.81 bits per heavy atom. The van der Waals surface area contributed by atoms with Crippen LogP contribution in [0.25, 0.3) is 0 Å². The molecule has 1 heterocycles. The number of hydrogen-bond acceptors (Lipinski definition) is 2. The highest BCUT2D eigenvalue weighted by Gasteiger charge is 2.52. The van der Waals surface area contributed by atoms with Gasteiger partial charge in [0.1, 0.15) is 0 Å². The van der Waals surface area contributed by atoms with Gasteiger partial charge in [-0.05, 0) is 57.2 Å². The molecule has 1 spiro atoms. The molecule has 0 N–H and O–H groups in total. The Balaban J connectivity index is 1.86. The number of amides is 1. The first kappa shape index (κ1) is 14.9. The smallest absolute Gasteiger partial charge is 0.233 e. The number of nitrogens with zero attached hydrogens (tertiary/aromatic N) is 1. The molecule has 2 fully saturated rings. The van der Waals surface area contributed by atoms with Crippen LogP contribution in [0, 0.1) is 5.41 Å². The summed E-state index contributed by atoms with van der Waals surface area (Å²) in [4.78, 5) is 14.9. The van der Waals surface area contributed by atoms with Gasteiger partial charge < -0.3 is 9.64 Å². The summed E-state index contributed by atoms with van der Waals surface area (Å²) in [5, 5.41) is 0.673. The van der Waals surface area contributed by atoms with Gasteiger partial charge >= 0.3 is 0 Å². The second kappa shape index (κ2) is 5.29. The summed E-state index contributed by atoms with van der Waals surface area (Å²) in [5.74, 6) is 0.243. The third-order valence-electron chi connectivity index (χ3n) is 5.20. The Labute approximate surface area is 131 Å². The zero-order chi connectivity index (χ0) is 15.1. The van der Waals surface area contributed by atoms with Gasteiger partial charge in [0.15, 0.2) is 0 Å². The summed E-state index contributed by atoms with van der Waals surface area (Å²) in [6, 6.07) is 7.57. The molecule has 1 aliphatic carbocycles. The second-order valence-electron chi connectivity index (χ2n) is 6.65. The topological polar surface area (TPSA) is 29.5 Å². The molecular weight excluding hydrogens is 286 g/mol. The van der Waals surface area contributed by atoms with Crippen molar-refractivity contribution in [2.75, 3.05) is 18.6 Å². The van der Waals surface area contributed by atoms with E-state index in [1.165, 1.54) is 0 Å². The molecule has 3 nitrogen and oxygen atoms in total. The van der Waals surface area contributed by atoms with Crippen molar-refractivity contribution in [2.24, 2.45) is 5.41 Å². The molecule has 0 bridgehead atoms. The number of methoxy groups -OCH3 is 1. The van der Waals surface area contributed by atoms with Crippen molar-refractivity contribution in [1.82, 2.24) is 0 Å². The highest BCUT2D eigenvalue weighted by Crippen LogP contribution is 2.50. The lowest BCUT2D eigenvalue weighted by atomic mass is 9.67. The first-order valence-corrected chi connectivity index (χ1v) is 7.99. The highest BCUT2D eigenvalue weighted by molar-refractivity contribution is 6.31. The van der Waals surface area contributed by atoms with Crippen molar-refractivity contribution in [2.45, 2.75) is 44.6 Å². The molecule has 3 rings (SSSR count). The summed E-state index contributed by atoms with van der Waals surface area (Å²) in [5.41, 5.74) is 0.498. The Kier molecular flexibility index (Phi) is 3.74. The predicted molar refractivity (Wildman–Crippen MR) is 84.7 cm³/mol. The normalized spacial score (nSPS) is 32.9. The second-order valence-corrected chi connectivity index (χ2v) is 7.09. The number of ether oxygens (including phenoxy) is 1. The zero-order valence-electron chi connectivity index (χ0n) is 12.7. The maximum Gasteiger partial charge on any atom is 0.233 e. The van der Waals surface area contributed by atoms with Crippen LogP contribution >= 0.6 is 11.6 Å². The fourth-order valence-corrected chi connectivity index (χ4v) is 4.16. The number of benzene rings is 1. The molecule has 0 radical (unpaired) electrons. The SMILES string of the molecule is COC1(C)CCCC2(CCN(c3cccc(Cl)c3)C2=O)C1. The summed E-state index contributed by atoms with van der Waals surface area (Å²) >= 11 is 6.06. The fraction of sp³-hybridized carbons (Fsp3) is 0.588. The Hall–Kier alpha value is -1.06. The molecule has 1 saturated heterocycles. The molecule has 1 aliphatic heterocycles. The molecule has 2 unspecified atom stereocenters. The lowest BCUT2D eigenvalue weighted by Crippen LogP contribution is -2.45. The van der Waals surface area contributed by atoms with Crippen LogP contribution in [0.5, 0.6) is 0 Å². The molecule has 21 heavy (non-hydrogen) atoms. The van der Waals surface area contributed by atoms with E-state index < -0.39 is 0 Å². The van der Waals surface area contributed by atoms with Gasteiger partial charge in [0.25, 0.3) is 0 Å². The molecule has 4 heteroatoms. The van der Waals surface area contributed by atoms with Crippen LogP contribution in [0.3, 0.4) is 0 Å². The molecule has 1 aromatic carbocycles. The van der Waals surface area contributed by atoms with Gasteiger partial charge in [-0.2, -0.15) is 0 Å². The van der Waals surface area contributed by atoms with Crippen molar-refractivity contribution in [1.29, 1.82) is 0 Å². The molecule has 1 aromatic rings.